The smallest absolute Gasteiger partial charge is 0.337 e. The summed E-state index contributed by atoms with van der Waals surface area (Å²) in [6, 6.07) is 4.01. The topological polar surface area (TPSA) is 74.7 Å². The Bertz CT molecular complexity index is 624. The Morgan fingerprint density at radius 3 is 2.16 bits per heavy atom. The summed E-state index contributed by atoms with van der Waals surface area (Å²) < 4.78 is 0. The third-order valence-corrected chi connectivity index (χ3v) is 3.38. The van der Waals surface area contributed by atoms with Crippen molar-refractivity contribution in [2.24, 2.45) is 0 Å². The standard InChI is InChI=1S/C13H10ClNO4/c1-6-7(2)12(17)15(11(6)16)8-3-4-10(14)9(5-8)13(18)19/h3-5H,1-2H3,(H,18,19). The Hall–Kier alpha value is -2.14. The SMILES string of the molecule is CC1=C(C)C(=O)N(c2ccc(Cl)c(C(=O)O)c2)C1=O. The van der Waals surface area contributed by atoms with Crippen molar-refractivity contribution in [2.75, 3.05) is 4.90 Å². The van der Waals surface area contributed by atoms with Gasteiger partial charge in [-0.3, -0.25) is 9.59 Å². The molecule has 2 amide bonds. The van der Waals surface area contributed by atoms with Gasteiger partial charge in [0.05, 0.1) is 16.3 Å². The van der Waals surface area contributed by atoms with Gasteiger partial charge in [0.25, 0.3) is 11.8 Å². The van der Waals surface area contributed by atoms with Gasteiger partial charge in [0.2, 0.25) is 0 Å². The number of hydrogen-bond acceptors (Lipinski definition) is 3. The van der Waals surface area contributed by atoms with E-state index >= 15 is 0 Å². The van der Waals surface area contributed by atoms with Crippen molar-refractivity contribution in [1.29, 1.82) is 0 Å². The summed E-state index contributed by atoms with van der Waals surface area (Å²) in [6.45, 7) is 3.12. The van der Waals surface area contributed by atoms with Crippen LogP contribution in [0, 0.1) is 0 Å². The summed E-state index contributed by atoms with van der Waals surface area (Å²) in [7, 11) is 0. The lowest BCUT2D eigenvalue weighted by Crippen LogP contribution is -2.31. The Balaban J connectivity index is 2.51. The van der Waals surface area contributed by atoms with E-state index in [1.165, 1.54) is 18.2 Å². The first-order chi connectivity index (χ1) is 8.84. The number of rotatable bonds is 2. The molecule has 1 aliphatic heterocycles. The maximum atomic E-state index is 12.0. The van der Waals surface area contributed by atoms with E-state index in [0.29, 0.717) is 11.1 Å². The molecular weight excluding hydrogens is 270 g/mol. The van der Waals surface area contributed by atoms with Crippen molar-refractivity contribution in [3.05, 3.63) is 39.9 Å². The number of carboxylic acids is 1. The van der Waals surface area contributed by atoms with Gasteiger partial charge in [-0.15, -0.1) is 0 Å². The second-order valence-electron chi connectivity index (χ2n) is 4.17. The van der Waals surface area contributed by atoms with Crippen molar-refractivity contribution >= 4 is 35.1 Å². The second-order valence-corrected chi connectivity index (χ2v) is 4.57. The number of imide groups is 1. The van der Waals surface area contributed by atoms with Crippen LogP contribution in [0.5, 0.6) is 0 Å². The highest BCUT2D eigenvalue weighted by atomic mass is 35.5. The molecule has 0 bridgehead atoms. The van der Waals surface area contributed by atoms with E-state index in [4.69, 9.17) is 16.7 Å². The molecule has 1 aliphatic rings. The van der Waals surface area contributed by atoms with Crippen LogP contribution in [-0.2, 0) is 9.59 Å². The Morgan fingerprint density at radius 1 is 1.16 bits per heavy atom. The van der Waals surface area contributed by atoms with Crippen molar-refractivity contribution in [2.45, 2.75) is 13.8 Å². The van der Waals surface area contributed by atoms with Gasteiger partial charge in [-0.05, 0) is 32.0 Å². The molecule has 98 valence electrons. The van der Waals surface area contributed by atoms with E-state index in [1.807, 2.05) is 0 Å². The van der Waals surface area contributed by atoms with Gasteiger partial charge in [-0.1, -0.05) is 11.6 Å². The summed E-state index contributed by atoms with van der Waals surface area (Å²) in [5, 5.41) is 9.04. The van der Waals surface area contributed by atoms with Crippen LogP contribution < -0.4 is 4.90 Å². The number of carbonyl (C=O) groups excluding carboxylic acids is 2. The Labute approximate surface area is 114 Å². The van der Waals surface area contributed by atoms with Crippen LogP contribution in [0.15, 0.2) is 29.3 Å². The zero-order valence-electron chi connectivity index (χ0n) is 10.2. The summed E-state index contributed by atoms with van der Waals surface area (Å²) >= 11 is 5.75. The monoisotopic (exact) mass is 279 g/mol. The van der Waals surface area contributed by atoms with Gasteiger partial charge in [0.15, 0.2) is 0 Å². The molecule has 1 N–H and O–H groups in total. The van der Waals surface area contributed by atoms with E-state index in [1.54, 1.807) is 13.8 Å². The Morgan fingerprint density at radius 2 is 1.68 bits per heavy atom. The first-order valence-corrected chi connectivity index (χ1v) is 5.81. The predicted octanol–water partition coefficient (Wildman–Crippen LogP) is 2.25. The molecule has 0 saturated carbocycles. The third-order valence-electron chi connectivity index (χ3n) is 3.05. The van der Waals surface area contributed by atoms with E-state index in [-0.39, 0.29) is 16.3 Å². The number of amides is 2. The largest absolute Gasteiger partial charge is 0.478 e. The molecular formula is C13H10ClNO4. The maximum absolute atomic E-state index is 12.0. The van der Waals surface area contributed by atoms with Crippen LogP contribution >= 0.6 is 11.6 Å². The van der Waals surface area contributed by atoms with Crippen molar-refractivity contribution in [3.63, 3.8) is 0 Å². The molecule has 0 unspecified atom stereocenters. The fourth-order valence-corrected chi connectivity index (χ4v) is 2.00. The van der Waals surface area contributed by atoms with Gasteiger partial charge in [-0.25, -0.2) is 9.69 Å². The molecule has 1 aromatic rings. The van der Waals surface area contributed by atoms with Gasteiger partial charge in [-0.2, -0.15) is 0 Å². The molecule has 6 heteroatoms. The Kier molecular flexibility index (Phi) is 3.16. The fourth-order valence-electron chi connectivity index (χ4n) is 1.80. The number of halogens is 1. The zero-order valence-corrected chi connectivity index (χ0v) is 11.0. The first kappa shape index (κ1) is 13.3. The molecule has 1 heterocycles. The number of nitrogens with zero attached hydrogens (tertiary/aromatic N) is 1. The van der Waals surface area contributed by atoms with Crippen LogP contribution in [-0.4, -0.2) is 22.9 Å². The maximum Gasteiger partial charge on any atom is 0.337 e. The number of benzene rings is 1. The van der Waals surface area contributed by atoms with E-state index in [0.717, 1.165) is 4.90 Å². The third kappa shape index (κ3) is 2.02. The lowest BCUT2D eigenvalue weighted by Gasteiger charge is -2.15. The molecule has 5 nitrogen and oxygen atoms in total. The molecule has 0 fully saturated rings. The molecule has 0 radical (unpaired) electrons. The summed E-state index contributed by atoms with van der Waals surface area (Å²) in [5.74, 6) is -2.10. The highest BCUT2D eigenvalue weighted by Gasteiger charge is 2.34. The molecule has 0 saturated heterocycles. The fraction of sp³-hybridized carbons (Fsp3) is 0.154. The lowest BCUT2D eigenvalue weighted by molar-refractivity contribution is -0.120. The minimum Gasteiger partial charge on any atom is -0.478 e. The number of hydrogen-bond donors (Lipinski definition) is 1. The summed E-state index contributed by atoms with van der Waals surface area (Å²) in [4.78, 5) is 35.9. The minimum atomic E-state index is -1.22. The van der Waals surface area contributed by atoms with E-state index in [2.05, 4.69) is 0 Å². The number of anilines is 1. The van der Waals surface area contributed by atoms with Crippen molar-refractivity contribution in [1.82, 2.24) is 0 Å². The van der Waals surface area contributed by atoms with Crippen molar-refractivity contribution in [3.8, 4) is 0 Å². The molecule has 19 heavy (non-hydrogen) atoms. The summed E-state index contributed by atoms with van der Waals surface area (Å²) in [5.41, 5.74) is 0.767. The number of aromatic carboxylic acids is 1. The normalized spacial score (nSPS) is 15.4. The second kappa shape index (κ2) is 4.51. The average Bonchev–Trinajstić information content (AvgIpc) is 2.55. The van der Waals surface area contributed by atoms with E-state index < -0.39 is 17.8 Å². The predicted molar refractivity (Wildman–Crippen MR) is 69.3 cm³/mol. The highest BCUT2D eigenvalue weighted by Crippen LogP contribution is 2.29. The van der Waals surface area contributed by atoms with Crippen LogP contribution in [0.2, 0.25) is 5.02 Å². The number of carboxylic acid groups (broad SMARTS) is 1. The zero-order chi connectivity index (χ0) is 14.3. The molecule has 1 aromatic carbocycles. The molecule has 0 atom stereocenters. The van der Waals surface area contributed by atoms with Gasteiger partial charge >= 0.3 is 5.97 Å². The lowest BCUT2D eigenvalue weighted by atomic mass is 10.2. The quantitative estimate of drug-likeness (QED) is 0.843. The van der Waals surface area contributed by atoms with Crippen LogP contribution in [0.4, 0.5) is 5.69 Å². The average molecular weight is 280 g/mol. The first-order valence-electron chi connectivity index (χ1n) is 5.43. The van der Waals surface area contributed by atoms with Crippen LogP contribution in [0.1, 0.15) is 24.2 Å². The van der Waals surface area contributed by atoms with Gasteiger partial charge < -0.3 is 5.11 Å². The van der Waals surface area contributed by atoms with Crippen LogP contribution in [0.25, 0.3) is 0 Å². The number of carbonyl (C=O) groups is 3. The molecule has 0 spiro atoms. The molecule has 0 aliphatic carbocycles. The highest BCUT2D eigenvalue weighted by molar-refractivity contribution is 6.35. The minimum absolute atomic E-state index is 0.0525. The van der Waals surface area contributed by atoms with Crippen molar-refractivity contribution < 1.29 is 19.5 Å². The molecule has 2 rings (SSSR count). The molecule has 0 aromatic heterocycles. The summed E-state index contributed by atoms with van der Waals surface area (Å²) in [6.07, 6.45) is 0. The van der Waals surface area contributed by atoms with E-state index in [9.17, 15) is 14.4 Å². The van der Waals surface area contributed by atoms with Crippen LogP contribution in [0.3, 0.4) is 0 Å². The van der Waals surface area contributed by atoms with Gasteiger partial charge in [0.1, 0.15) is 0 Å². The van der Waals surface area contributed by atoms with Gasteiger partial charge in [0, 0.05) is 11.1 Å².